The predicted molar refractivity (Wildman–Crippen MR) is 71.7 cm³/mol. The molecule has 1 aromatic rings. The van der Waals surface area contributed by atoms with Gasteiger partial charge in [0, 0.05) is 17.9 Å². The quantitative estimate of drug-likeness (QED) is 0.716. The third-order valence-electron chi connectivity index (χ3n) is 2.90. The summed E-state index contributed by atoms with van der Waals surface area (Å²) in [5, 5.41) is 12.2. The van der Waals surface area contributed by atoms with Gasteiger partial charge in [-0.15, -0.1) is 0 Å². The van der Waals surface area contributed by atoms with Gasteiger partial charge in [0.15, 0.2) is 0 Å². The van der Waals surface area contributed by atoms with Gasteiger partial charge in [0.25, 0.3) is 0 Å². The molecule has 1 saturated heterocycles. The number of thioether (sulfide) groups is 1. The van der Waals surface area contributed by atoms with E-state index in [1.165, 1.54) is 17.9 Å². The van der Waals surface area contributed by atoms with Crippen LogP contribution in [0.1, 0.15) is 16.8 Å². The lowest BCUT2D eigenvalue weighted by Crippen LogP contribution is -2.14. The van der Waals surface area contributed by atoms with E-state index in [1.54, 1.807) is 12.1 Å². The van der Waals surface area contributed by atoms with E-state index < -0.39 is 5.97 Å². The summed E-state index contributed by atoms with van der Waals surface area (Å²) < 4.78 is 0. The Labute approximate surface area is 105 Å². The van der Waals surface area contributed by atoms with Crippen molar-refractivity contribution in [3.05, 3.63) is 23.8 Å². The van der Waals surface area contributed by atoms with Gasteiger partial charge in [-0.25, -0.2) is 4.79 Å². The molecule has 0 bridgehead atoms. The molecule has 1 fully saturated rings. The Morgan fingerprint density at radius 2 is 2.41 bits per heavy atom. The largest absolute Gasteiger partial charge is 0.478 e. The molecule has 5 heteroatoms. The molecule has 0 spiro atoms. The average molecular weight is 252 g/mol. The minimum atomic E-state index is -0.984. The van der Waals surface area contributed by atoms with Crippen molar-refractivity contribution in [3.63, 3.8) is 0 Å². The van der Waals surface area contributed by atoms with Crippen LogP contribution in [-0.2, 0) is 0 Å². The van der Waals surface area contributed by atoms with Crippen LogP contribution in [-0.4, -0.2) is 29.1 Å². The molecule has 4 N–H and O–H groups in total. The molecular weight excluding hydrogens is 236 g/mol. The Morgan fingerprint density at radius 1 is 1.59 bits per heavy atom. The number of rotatable bonds is 4. The second-order valence-electron chi connectivity index (χ2n) is 4.22. The van der Waals surface area contributed by atoms with Gasteiger partial charge in [-0.2, -0.15) is 11.8 Å². The number of nitrogen functional groups attached to an aromatic ring is 1. The Morgan fingerprint density at radius 3 is 3.06 bits per heavy atom. The predicted octanol–water partition coefficient (Wildman–Crippen LogP) is 2.13. The third-order valence-corrected chi connectivity index (χ3v) is 4.13. The number of hydrogen-bond acceptors (Lipinski definition) is 4. The van der Waals surface area contributed by atoms with Gasteiger partial charge in [0.1, 0.15) is 0 Å². The van der Waals surface area contributed by atoms with E-state index in [0.717, 1.165) is 12.2 Å². The molecule has 0 aliphatic carbocycles. The van der Waals surface area contributed by atoms with Crippen LogP contribution in [0.5, 0.6) is 0 Å². The summed E-state index contributed by atoms with van der Waals surface area (Å²) in [7, 11) is 0. The molecule has 0 radical (unpaired) electrons. The monoisotopic (exact) mass is 252 g/mol. The van der Waals surface area contributed by atoms with Crippen molar-refractivity contribution in [1.82, 2.24) is 0 Å². The highest BCUT2D eigenvalue weighted by molar-refractivity contribution is 7.99. The number of anilines is 2. The first-order chi connectivity index (χ1) is 8.16. The number of aromatic carboxylic acids is 1. The van der Waals surface area contributed by atoms with Crippen LogP contribution in [0, 0.1) is 5.92 Å². The van der Waals surface area contributed by atoms with Crippen LogP contribution in [0.3, 0.4) is 0 Å². The molecule has 1 atom stereocenters. The van der Waals surface area contributed by atoms with E-state index in [9.17, 15) is 4.79 Å². The van der Waals surface area contributed by atoms with E-state index in [0.29, 0.717) is 11.6 Å². The minimum absolute atomic E-state index is 0.163. The van der Waals surface area contributed by atoms with Crippen LogP contribution in [0.25, 0.3) is 0 Å². The standard InChI is InChI=1S/C12H16N2O2S/c13-11-2-1-9(5-10(11)12(15)16)14-6-8-3-4-17-7-8/h1-2,5,8,14H,3-4,6-7,13H2,(H,15,16). The van der Waals surface area contributed by atoms with Crippen molar-refractivity contribution in [1.29, 1.82) is 0 Å². The van der Waals surface area contributed by atoms with Crippen LogP contribution in [0.4, 0.5) is 11.4 Å². The summed E-state index contributed by atoms with van der Waals surface area (Å²) in [5.41, 5.74) is 6.89. The lowest BCUT2D eigenvalue weighted by atomic mass is 10.1. The average Bonchev–Trinajstić information content (AvgIpc) is 2.80. The van der Waals surface area contributed by atoms with Crippen molar-refractivity contribution in [2.45, 2.75) is 6.42 Å². The smallest absolute Gasteiger partial charge is 0.337 e. The van der Waals surface area contributed by atoms with Crippen molar-refractivity contribution in [2.24, 2.45) is 5.92 Å². The lowest BCUT2D eigenvalue weighted by Gasteiger charge is -2.12. The van der Waals surface area contributed by atoms with Crippen molar-refractivity contribution in [2.75, 3.05) is 29.1 Å². The second kappa shape index (κ2) is 5.31. The summed E-state index contributed by atoms with van der Waals surface area (Å²) in [4.78, 5) is 10.9. The molecule has 1 aliphatic rings. The fourth-order valence-corrected chi connectivity index (χ4v) is 3.14. The zero-order valence-electron chi connectivity index (χ0n) is 9.48. The van der Waals surface area contributed by atoms with Gasteiger partial charge >= 0.3 is 5.97 Å². The van der Waals surface area contributed by atoms with E-state index in [-0.39, 0.29) is 5.56 Å². The van der Waals surface area contributed by atoms with E-state index in [1.807, 2.05) is 17.8 Å². The summed E-state index contributed by atoms with van der Waals surface area (Å²) >= 11 is 1.97. The van der Waals surface area contributed by atoms with Gasteiger partial charge in [0.2, 0.25) is 0 Å². The SMILES string of the molecule is Nc1ccc(NCC2CCSC2)cc1C(=O)O. The summed E-state index contributed by atoms with van der Waals surface area (Å²) in [6.07, 6.45) is 1.23. The molecule has 0 aromatic heterocycles. The summed E-state index contributed by atoms with van der Waals surface area (Å²) in [6, 6.07) is 5.05. The van der Waals surface area contributed by atoms with Crippen molar-refractivity contribution < 1.29 is 9.90 Å². The fourth-order valence-electron chi connectivity index (χ4n) is 1.86. The highest BCUT2D eigenvalue weighted by Gasteiger charge is 2.15. The molecule has 1 heterocycles. The van der Waals surface area contributed by atoms with Gasteiger partial charge in [-0.05, 0) is 42.0 Å². The Balaban J connectivity index is 2.00. The number of nitrogens with two attached hydrogens (primary N) is 1. The summed E-state index contributed by atoms with van der Waals surface area (Å²) in [5.74, 6) is 2.12. The molecule has 92 valence electrons. The molecule has 0 amide bonds. The molecule has 0 saturated carbocycles. The fraction of sp³-hybridized carbons (Fsp3) is 0.417. The van der Waals surface area contributed by atoms with E-state index in [4.69, 9.17) is 10.8 Å². The molecule has 4 nitrogen and oxygen atoms in total. The Bertz CT molecular complexity index is 417. The first kappa shape index (κ1) is 12.1. The van der Waals surface area contributed by atoms with Gasteiger partial charge in [0.05, 0.1) is 5.56 Å². The van der Waals surface area contributed by atoms with Gasteiger partial charge in [-0.3, -0.25) is 0 Å². The number of hydrogen-bond donors (Lipinski definition) is 3. The van der Waals surface area contributed by atoms with Crippen molar-refractivity contribution >= 4 is 29.1 Å². The first-order valence-electron chi connectivity index (χ1n) is 5.61. The molecule has 1 aromatic carbocycles. The Hall–Kier alpha value is -1.36. The van der Waals surface area contributed by atoms with Crippen molar-refractivity contribution in [3.8, 4) is 0 Å². The topological polar surface area (TPSA) is 75.3 Å². The molecule has 17 heavy (non-hydrogen) atoms. The van der Waals surface area contributed by atoms with E-state index >= 15 is 0 Å². The number of carboxylic acids is 1. The van der Waals surface area contributed by atoms with Crippen LogP contribution in [0.2, 0.25) is 0 Å². The van der Waals surface area contributed by atoms with Crippen LogP contribution in [0.15, 0.2) is 18.2 Å². The maximum absolute atomic E-state index is 10.9. The lowest BCUT2D eigenvalue weighted by molar-refractivity contribution is 0.0698. The maximum Gasteiger partial charge on any atom is 0.337 e. The second-order valence-corrected chi connectivity index (χ2v) is 5.37. The summed E-state index contributed by atoms with van der Waals surface area (Å²) in [6.45, 7) is 0.899. The number of carboxylic acid groups (broad SMARTS) is 1. The zero-order valence-corrected chi connectivity index (χ0v) is 10.3. The van der Waals surface area contributed by atoms with Gasteiger partial charge < -0.3 is 16.2 Å². The first-order valence-corrected chi connectivity index (χ1v) is 6.76. The van der Waals surface area contributed by atoms with Crippen LogP contribution >= 0.6 is 11.8 Å². The number of nitrogens with one attached hydrogen (secondary N) is 1. The van der Waals surface area contributed by atoms with Gasteiger partial charge in [-0.1, -0.05) is 0 Å². The number of benzene rings is 1. The molecule has 1 unspecified atom stereocenters. The minimum Gasteiger partial charge on any atom is -0.478 e. The van der Waals surface area contributed by atoms with Crippen LogP contribution < -0.4 is 11.1 Å². The number of carbonyl (C=O) groups is 1. The highest BCUT2D eigenvalue weighted by Crippen LogP contribution is 2.24. The third kappa shape index (κ3) is 3.06. The maximum atomic E-state index is 10.9. The zero-order chi connectivity index (χ0) is 12.3. The molecule has 2 rings (SSSR count). The molecule has 1 aliphatic heterocycles. The van der Waals surface area contributed by atoms with E-state index in [2.05, 4.69) is 5.32 Å². The molecular formula is C12H16N2O2S. The Kier molecular flexibility index (Phi) is 3.78. The highest BCUT2D eigenvalue weighted by atomic mass is 32.2. The normalized spacial score (nSPS) is 19.2.